The average Bonchev–Trinajstić information content (AvgIpc) is 2.32. The molecule has 1 unspecified atom stereocenters. The maximum absolute atomic E-state index is 11.9. The zero-order valence-corrected chi connectivity index (χ0v) is 10.9. The van der Waals surface area contributed by atoms with Crippen LogP contribution in [0.25, 0.3) is 0 Å². The summed E-state index contributed by atoms with van der Waals surface area (Å²) in [5.41, 5.74) is 0.807. The van der Waals surface area contributed by atoms with Crippen molar-refractivity contribution >= 4 is 33.4 Å². The number of likely N-dealkylation sites (N-methyl/N-ethyl adjacent to an activating group) is 1. The fourth-order valence-corrected chi connectivity index (χ4v) is 2.09. The molecule has 0 aromatic carbocycles. The molecule has 1 fully saturated rings. The molecule has 6 heteroatoms. The molecule has 2 amide bonds. The van der Waals surface area contributed by atoms with Crippen LogP contribution < -0.4 is 5.32 Å². The van der Waals surface area contributed by atoms with Gasteiger partial charge in [0.2, 0.25) is 5.91 Å². The lowest BCUT2D eigenvalue weighted by atomic mass is 10.0. The van der Waals surface area contributed by atoms with E-state index in [1.807, 2.05) is 0 Å². The summed E-state index contributed by atoms with van der Waals surface area (Å²) >= 11 is 3.35. The van der Waals surface area contributed by atoms with Crippen LogP contribution in [0, 0.1) is 0 Å². The number of hydrogen-bond donors (Lipinski definition) is 1. The number of rotatable bonds is 2. The molecule has 0 saturated carbocycles. The van der Waals surface area contributed by atoms with Crippen molar-refractivity contribution < 1.29 is 9.59 Å². The first kappa shape index (κ1) is 12.0. The highest BCUT2D eigenvalue weighted by Gasteiger charge is 2.31. The van der Waals surface area contributed by atoms with Gasteiger partial charge in [-0.1, -0.05) is 0 Å². The molecule has 2 heterocycles. The van der Waals surface area contributed by atoms with Gasteiger partial charge in [-0.15, -0.1) is 0 Å². The minimum Gasteiger partial charge on any atom is -0.373 e. The molecule has 0 aliphatic carbocycles. The smallest absolute Gasteiger partial charge is 0.251 e. The van der Waals surface area contributed by atoms with Crippen LogP contribution in [0.1, 0.15) is 12.8 Å². The maximum Gasteiger partial charge on any atom is 0.251 e. The second-order valence-corrected chi connectivity index (χ2v) is 4.74. The predicted octanol–water partition coefficient (Wildman–Crippen LogP) is 1.40. The van der Waals surface area contributed by atoms with Gasteiger partial charge in [0.15, 0.2) is 0 Å². The van der Waals surface area contributed by atoms with Gasteiger partial charge in [-0.2, -0.15) is 0 Å². The van der Waals surface area contributed by atoms with Gasteiger partial charge in [0.1, 0.15) is 6.04 Å². The number of nitrogens with one attached hydrogen (secondary N) is 1. The van der Waals surface area contributed by atoms with E-state index in [-0.39, 0.29) is 17.9 Å². The Labute approximate surface area is 107 Å². The topological polar surface area (TPSA) is 62.3 Å². The standard InChI is InChI=1S/C11H12BrN3O2/c1-15-10(16)3-2-9(11(15)17)14-8-4-5-13-6-7(8)12/h4-6,9H,2-3H2,1H3,(H,13,14). The molecule has 5 nitrogen and oxygen atoms in total. The summed E-state index contributed by atoms with van der Waals surface area (Å²) in [7, 11) is 1.51. The molecule has 2 rings (SSSR count). The quantitative estimate of drug-likeness (QED) is 0.838. The number of aromatic nitrogens is 1. The van der Waals surface area contributed by atoms with E-state index in [0.717, 1.165) is 10.2 Å². The molecular weight excluding hydrogens is 286 g/mol. The Kier molecular flexibility index (Phi) is 3.42. The van der Waals surface area contributed by atoms with Gasteiger partial charge in [-0.25, -0.2) is 0 Å². The van der Waals surface area contributed by atoms with Crippen molar-refractivity contribution in [3.05, 3.63) is 22.9 Å². The summed E-state index contributed by atoms with van der Waals surface area (Å²) in [5.74, 6) is -0.313. The van der Waals surface area contributed by atoms with Crippen LogP contribution in [0.5, 0.6) is 0 Å². The zero-order valence-electron chi connectivity index (χ0n) is 9.31. The Morgan fingerprint density at radius 3 is 3.00 bits per heavy atom. The van der Waals surface area contributed by atoms with Crippen LogP contribution in [0.4, 0.5) is 5.69 Å². The van der Waals surface area contributed by atoms with Gasteiger partial charge in [-0.3, -0.25) is 19.5 Å². The third kappa shape index (κ3) is 2.46. The number of piperidine rings is 1. The highest BCUT2D eigenvalue weighted by atomic mass is 79.9. The van der Waals surface area contributed by atoms with E-state index in [0.29, 0.717) is 12.8 Å². The van der Waals surface area contributed by atoms with E-state index in [1.54, 1.807) is 18.5 Å². The Bertz CT molecular complexity index is 464. The number of amides is 2. The molecule has 0 radical (unpaired) electrons. The molecule has 90 valence electrons. The van der Waals surface area contributed by atoms with E-state index < -0.39 is 0 Å². The Morgan fingerprint density at radius 1 is 1.53 bits per heavy atom. The van der Waals surface area contributed by atoms with Gasteiger partial charge >= 0.3 is 0 Å². The Hall–Kier alpha value is -1.43. The normalized spacial score (nSPS) is 20.6. The minimum atomic E-state index is -0.351. The van der Waals surface area contributed by atoms with Crippen molar-refractivity contribution in [2.75, 3.05) is 12.4 Å². The van der Waals surface area contributed by atoms with E-state index in [2.05, 4.69) is 26.2 Å². The molecule has 1 aliphatic rings. The first-order valence-corrected chi connectivity index (χ1v) is 6.05. The summed E-state index contributed by atoms with van der Waals surface area (Å²) in [4.78, 5) is 28.3. The second kappa shape index (κ2) is 4.83. The van der Waals surface area contributed by atoms with Crippen molar-refractivity contribution in [3.63, 3.8) is 0 Å². The molecule has 1 aliphatic heterocycles. The average molecular weight is 298 g/mol. The van der Waals surface area contributed by atoms with Gasteiger partial charge in [-0.05, 0) is 28.4 Å². The summed E-state index contributed by atoms with van der Waals surface area (Å²) in [6.45, 7) is 0. The first-order valence-electron chi connectivity index (χ1n) is 5.26. The van der Waals surface area contributed by atoms with Crippen LogP contribution in [-0.2, 0) is 9.59 Å². The number of imide groups is 1. The van der Waals surface area contributed by atoms with Crippen molar-refractivity contribution in [1.82, 2.24) is 9.88 Å². The summed E-state index contributed by atoms with van der Waals surface area (Å²) in [6, 6.07) is 1.43. The maximum atomic E-state index is 11.9. The number of hydrogen-bond acceptors (Lipinski definition) is 4. The number of carbonyl (C=O) groups is 2. The van der Waals surface area contributed by atoms with Crippen LogP contribution in [0.3, 0.4) is 0 Å². The van der Waals surface area contributed by atoms with Gasteiger partial charge in [0.05, 0.1) is 10.2 Å². The molecule has 1 aromatic heterocycles. The number of pyridine rings is 1. The number of halogens is 1. The largest absolute Gasteiger partial charge is 0.373 e. The Morgan fingerprint density at radius 2 is 2.29 bits per heavy atom. The lowest BCUT2D eigenvalue weighted by molar-refractivity contribution is -0.146. The van der Waals surface area contributed by atoms with Gasteiger partial charge in [0, 0.05) is 25.9 Å². The fraction of sp³-hybridized carbons (Fsp3) is 0.364. The van der Waals surface area contributed by atoms with Crippen molar-refractivity contribution in [2.45, 2.75) is 18.9 Å². The highest BCUT2D eigenvalue weighted by Crippen LogP contribution is 2.23. The SMILES string of the molecule is CN1C(=O)CCC(Nc2ccncc2Br)C1=O. The number of anilines is 1. The molecule has 1 saturated heterocycles. The summed E-state index contributed by atoms with van der Waals surface area (Å²) in [5, 5.41) is 3.12. The minimum absolute atomic E-state index is 0.123. The zero-order chi connectivity index (χ0) is 12.4. The summed E-state index contributed by atoms with van der Waals surface area (Å²) in [6.07, 6.45) is 4.22. The number of likely N-dealkylation sites (tertiary alicyclic amines) is 1. The molecule has 17 heavy (non-hydrogen) atoms. The van der Waals surface area contributed by atoms with Crippen molar-refractivity contribution in [3.8, 4) is 0 Å². The lowest BCUT2D eigenvalue weighted by Gasteiger charge is -2.29. The number of carbonyl (C=O) groups excluding carboxylic acids is 2. The van der Waals surface area contributed by atoms with E-state index in [4.69, 9.17) is 0 Å². The van der Waals surface area contributed by atoms with Gasteiger partial charge in [0.25, 0.3) is 5.91 Å². The third-order valence-electron chi connectivity index (χ3n) is 2.75. The van der Waals surface area contributed by atoms with E-state index in [1.165, 1.54) is 11.9 Å². The summed E-state index contributed by atoms with van der Waals surface area (Å²) < 4.78 is 0.798. The Balaban J connectivity index is 2.12. The van der Waals surface area contributed by atoms with Crippen molar-refractivity contribution in [1.29, 1.82) is 0 Å². The molecule has 1 aromatic rings. The number of nitrogens with zero attached hydrogens (tertiary/aromatic N) is 2. The van der Waals surface area contributed by atoms with Crippen LogP contribution >= 0.6 is 15.9 Å². The molecule has 0 spiro atoms. The van der Waals surface area contributed by atoms with E-state index in [9.17, 15) is 9.59 Å². The van der Waals surface area contributed by atoms with Crippen LogP contribution in [0.2, 0.25) is 0 Å². The lowest BCUT2D eigenvalue weighted by Crippen LogP contribution is -2.48. The predicted molar refractivity (Wildman–Crippen MR) is 66.4 cm³/mol. The first-order chi connectivity index (χ1) is 8.09. The highest BCUT2D eigenvalue weighted by molar-refractivity contribution is 9.10. The monoisotopic (exact) mass is 297 g/mol. The molecule has 1 atom stereocenters. The van der Waals surface area contributed by atoms with Crippen LogP contribution in [0.15, 0.2) is 22.9 Å². The molecule has 0 bridgehead atoms. The van der Waals surface area contributed by atoms with E-state index >= 15 is 0 Å². The van der Waals surface area contributed by atoms with Crippen molar-refractivity contribution in [2.24, 2.45) is 0 Å². The molecule has 1 N–H and O–H groups in total. The fourth-order valence-electron chi connectivity index (χ4n) is 1.73. The third-order valence-corrected chi connectivity index (χ3v) is 3.38. The van der Waals surface area contributed by atoms with Crippen LogP contribution in [-0.4, -0.2) is 34.8 Å². The van der Waals surface area contributed by atoms with Gasteiger partial charge < -0.3 is 5.32 Å². The molecular formula is C11H12BrN3O2. The second-order valence-electron chi connectivity index (χ2n) is 3.88.